The van der Waals surface area contributed by atoms with Crippen molar-refractivity contribution in [3.63, 3.8) is 0 Å². The first-order chi connectivity index (χ1) is 15.8. The second-order valence-corrected chi connectivity index (χ2v) is 8.97. The topological polar surface area (TPSA) is 108 Å². The van der Waals surface area contributed by atoms with Crippen LogP contribution in [0.5, 0.6) is 0 Å². The van der Waals surface area contributed by atoms with Crippen molar-refractivity contribution < 1.29 is 19.1 Å². The number of halogens is 2. The molecule has 10 heteroatoms. The number of rotatable bonds is 6. The number of anilines is 1. The van der Waals surface area contributed by atoms with Gasteiger partial charge in [-0.1, -0.05) is 59.2 Å². The van der Waals surface area contributed by atoms with E-state index in [-0.39, 0.29) is 27.3 Å². The predicted octanol–water partition coefficient (Wildman–Crippen LogP) is 4.41. The van der Waals surface area contributed by atoms with E-state index in [1.807, 2.05) is 19.1 Å². The molecule has 2 atom stereocenters. The highest BCUT2D eigenvalue weighted by molar-refractivity contribution is 8.03. The predicted molar refractivity (Wildman–Crippen MR) is 128 cm³/mol. The average molecular weight is 504 g/mol. The third kappa shape index (κ3) is 5.50. The molecule has 2 N–H and O–H groups in total. The van der Waals surface area contributed by atoms with Gasteiger partial charge in [0.05, 0.1) is 29.5 Å². The number of aryl methyl sites for hydroxylation is 1. The summed E-state index contributed by atoms with van der Waals surface area (Å²) in [5, 5.41) is 16.1. The number of nitriles is 1. The van der Waals surface area contributed by atoms with Crippen molar-refractivity contribution in [1.82, 2.24) is 5.32 Å². The molecule has 2 aromatic rings. The molecule has 0 aliphatic carbocycles. The van der Waals surface area contributed by atoms with E-state index in [9.17, 15) is 19.6 Å². The number of nitrogens with one attached hydrogen (secondary N) is 2. The van der Waals surface area contributed by atoms with Gasteiger partial charge in [0.1, 0.15) is 5.92 Å². The summed E-state index contributed by atoms with van der Waals surface area (Å²) in [6.07, 6.45) is 0. The molecule has 0 spiro atoms. The van der Waals surface area contributed by atoms with E-state index in [2.05, 4.69) is 16.7 Å². The van der Waals surface area contributed by atoms with Gasteiger partial charge >= 0.3 is 5.97 Å². The van der Waals surface area contributed by atoms with Gasteiger partial charge < -0.3 is 15.4 Å². The summed E-state index contributed by atoms with van der Waals surface area (Å²) in [4.78, 5) is 37.8. The largest absolute Gasteiger partial charge is 0.468 e. The van der Waals surface area contributed by atoms with E-state index < -0.39 is 23.7 Å². The first-order valence-electron chi connectivity index (χ1n) is 9.73. The summed E-state index contributed by atoms with van der Waals surface area (Å²) in [5.41, 5.74) is 2.05. The Labute approximate surface area is 205 Å². The first kappa shape index (κ1) is 24.6. The van der Waals surface area contributed by atoms with Crippen LogP contribution < -0.4 is 10.6 Å². The number of hydrogen-bond donors (Lipinski definition) is 2. The second kappa shape index (κ2) is 10.8. The number of ether oxygens (including phenoxy) is 1. The lowest BCUT2D eigenvalue weighted by Gasteiger charge is -2.31. The lowest BCUT2D eigenvalue weighted by molar-refractivity contribution is -0.150. The van der Waals surface area contributed by atoms with Gasteiger partial charge in [-0.25, -0.2) is 0 Å². The minimum absolute atomic E-state index is 0.0703. The van der Waals surface area contributed by atoms with E-state index >= 15 is 0 Å². The van der Waals surface area contributed by atoms with Gasteiger partial charge in [-0.3, -0.25) is 14.4 Å². The molecule has 1 heterocycles. The maximum absolute atomic E-state index is 12.9. The number of benzene rings is 2. The van der Waals surface area contributed by atoms with Gasteiger partial charge in [0, 0.05) is 21.7 Å². The van der Waals surface area contributed by atoms with Crippen LogP contribution >= 0.6 is 35.0 Å². The summed E-state index contributed by atoms with van der Waals surface area (Å²) in [6, 6.07) is 14.0. The molecule has 3 rings (SSSR count). The van der Waals surface area contributed by atoms with Crippen LogP contribution in [-0.4, -0.2) is 30.6 Å². The monoisotopic (exact) mass is 503 g/mol. The Balaban J connectivity index is 1.94. The van der Waals surface area contributed by atoms with Gasteiger partial charge in [0.25, 0.3) is 0 Å². The summed E-state index contributed by atoms with van der Waals surface area (Å²) in [6.45, 7) is 1.87. The van der Waals surface area contributed by atoms with Crippen LogP contribution in [-0.2, 0) is 19.1 Å². The maximum Gasteiger partial charge on any atom is 0.319 e. The van der Waals surface area contributed by atoms with E-state index in [4.69, 9.17) is 27.9 Å². The van der Waals surface area contributed by atoms with Gasteiger partial charge in [-0.15, -0.1) is 0 Å². The molecule has 0 saturated carbocycles. The summed E-state index contributed by atoms with van der Waals surface area (Å²) in [5.74, 6) is -4.17. The summed E-state index contributed by atoms with van der Waals surface area (Å²) < 4.78 is 4.81. The van der Waals surface area contributed by atoms with Crippen molar-refractivity contribution in [1.29, 1.82) is 5.26 Å². The van der Waals surface area contributed by atoms with Crippen molar-refractivity contribution in [3.8, 4) is 6.07 Å². The fourth-order valence-corrected chi connectivity index (χ4v) is 4.82. The highest BCUT2D eigenvalue weighted by Gasteiger charge is 2.45. The number of nitrogens with zero attached hydrogens (tertiary/aromatic N) is 1. The molecule has 2 aromatic carbocycles. The van der Waals surface area contributed by atoms with Gasteiger partial charge in [-0.05, 0) is 36.2 Å². The highest BCUT2D eigenvalue weighted by Crippen LogP contribution is 2.43. The molecule has 2 amide bonds. The number of hydrogen-bond acceptors (Lipinski definition) is 6. The molecular weight excluding hydrogens is 485 g/mol. The molecule has 1 aliphatic heterocycles. The van der Waals surface area contributed by atoms with E-state index in [1.165, 1.54) is 6.07 Å². The minimum atomic E-state index is -1.33. The molecule has 1 aliphatic rings. The zero-order valence-corrected chi connectivity index (χ0v) is 20.0. The number of carbonyl (C=O) groups is 3. The van der Waals surface area contributed by atoms with E-state index in [0.717, 1.165) is 24.4 Å². The lowest BCUT2D eigenvalue weighted by Crippen LogP contribution is -2.44. The third-order valence-electron chi connectivity index (χ3n) is 5.05. The SMILES string of the molecule is COC(=O)[C@@H]1C(=O)NC(SCC(=O)Nc2ccccc2C)=C(C#N)[C@H]1c1ccc(Cl)cc1Cl. The lowest BCUT2D eigenvalue weighted by atomic mass is 9.78. The van der Waals surface area contributed by atoms with Crippen molar-refractivity contribution in [2.24, 2.45) is 5.92 Å². The third-order valence-corrected chi connectivity index (χ3v) is 6.63. The van der Waals surface area contributed by atoms with E-state index in [1.54, 1.807) is 24.3 Å². The number of esters is 1. The number of para-hydroxylation sites is 1. The Morgan fingerprint density at radius 3 is 2.61 bits per heavy atom. The van der Waals surface area contributed by atoms with Crippen LogP contribution in [0.2, 0.25) is 10.0 Å². The van der Waals surface area contributed by atoms with Crippen molar-refractivity contribution in [2.75, 3.05) is 18.2 Å². The Hall–Kier alpha value is -2.99. The minimum Gasteiger partial charge on any atom is -0.468 e. The van der Waals surface area contributed by atoms with Gasteiger partial charge in [-0.2, -0.15) is 5.26 Å². The Bertz CT molecular complexity index is 1190. The van der Waals surface area contributed by atoms with Crippen LogP contribution in [0, 0.1) is 24.2 Å². The molecule has 0 aromatic heterocycles. The van der Waals surface area contributed by atoms with Crippen LogP contribution in [0.4, 0.5) is 5.69 Å². The van der Waals surface area contributed by atoms with E-state index in [0.29, 0.717) is 16.3 Å². The van der Waals surface area contributed by atoms with Crippen LogP contribution in [0.1, 0.15) is 17.0 Å². The second-order valence-electron chi connectivity index (χ2n) is 7.14. The maximum atomic E-state index is 12.9. The highest BCUT2D eigenvalue weighted by atomic mass is 35.5. The molecule has 0 saturated heterocycles. The fourth-order valence-electron chi connectivity index (χ4n) is 3.45. The number of thioether (sulfide) groups is 1. The van der Waals surface area contributed by atoms with Crippen molar-refractivity contribution in [2.45, 2.75) is 12.8 Å². The number of allylic oxidation sites excluding steroid dienone is 1. The molecule has 170 valence electrons. The van der Waals surface area contributed by atoms with Gasteiger partial charge in [0.2, 0.25) is 11.8 Å². The van der Waals surface area contributed by atoms with Gasteiger partial charge in [0.15, 0.2) is 0 Å². The van der Waals surface area contributed by atoms with Crippen molar-refractivity contribution >= 4 is 58.4 Å². The summed E-state index contributed by atoms with van der Waals surface area (Å²) in [7, 11) is 1.16. The van der Waals surface area contributed by atoms with Crippen LogP contribution in [0.25, 0.3) is 0 Å². The molecule has 33 heavy (non-hydrogen) atoms. The molecule has 0 unspecified atom stereocenters. The standard InChI is InChI=1S/C23H19Cl2N3O4S/c1-12-5-3-4-6-17(12)27-18(29)11-33-22-15(10-26)19(14-8-7-13(24)9-16(14)25)20(21(30)28-22)23(31)32-2/h3-9,19-20H,11H2,1-2H3,(H,27,29)(H,28,30)/t19-,20+/m1/s1. The number of carbonyl (C=O) groups excluding carboxylic acids is 3. The molecule has 7 nitrogen and oxygen atoms in total. The quantitative estimate of drug-likeness (QED) is 0.446. The van der Waals surface area contributed by atoms with Crippen LogP contribution in [0.15, 0.2) is 53.1 Å². The average Bonchev–Trinajstić information content (AvgIpc) is 2.78. The smallest absolute Gasteiger partial charge is 0.319 e. The molecular formula is C23H19Cl2N3O4S. The molecule has 0 radical (unpaired) electrons. The number of methoxy groups -OCH3 is 1. The van der Waals surface area contributed by atoms with Crippen LogP contribution in [0.3, 0.4) is 0 Å². The van der Waals surface area contributed by atoms with Crippen molar-refractivity contribution in [3.05, 3.63) is 74.2 Å². The molecule has 0 bridgehead atoms. The number of amides is 2. The molecule has 0 fully saturated rings. The fraction of sp³-hybridized carbons (Fsp3) is 0.217. The zero-order chi connectivity index (χ0) is 24.1. The Kier molecular flexibility index (Phi) is 8.03. The zero-order valence-electron chi connectivity index (χ0n) is 17.6. The summed E-state index contributed by atoms with van der Waals surface area (Å²) >= 11 is 13.3. The Morgan fingerprint density at radius 1 is 1.24 bits per heavy atom. The first-order valence-corrected chi connectivity index (χ1v) is 11.5. The normalized spacial score (nSPS) is 17.7. The Morgan fingerprint density at radius 2 is 1.97 bits per heavy atom.